The third kappa shape index (κ3) is 2.26. The number of aromatic nitrogens is 2. The Bertz CT molecular complexity index is 531. The molecule has 1 aliphatic carbocycles. The van der Waals surface area contributed by atoms with Crippen molar-refractivity contribution in [3.63, 3.8) is 0 Å². The van der Waals surface area contributed by atoms with Gasteiger partial charge in [-0.2, -0.15) is 0 Å². The standard InChI is InChI=1S/C14H19N3O/c1-18-9-8-15-10-14-16-12-4-2-3-5-13(12)17(14)11-6-7-11/h2-5,11,15H,6-10H2,1H3. The lowest BCUT2D eigenvalue weighted by Crippen LogP contribution is -2.21. The first-order chi connectivity index (χ1) is 8.90. The number of methoxy groups -OCH3 is 1. The maximum atomic E-state index is 5.04. The fourth-order valence-corrected chi connectivity index (χ4v) is 2.33. The molecule has 1 aliphatic rings. The van der Waals surface area contributed by atoms with Crippen molar-refractivity contribution in [1.82, 2.24) is 14.9 Å². The van der Waals surface area contributed by atoms with E-state index in [9.17, 15) is 0 Å². The first-order valence-corrected chi connectivity index (χ1v) is 6.55. The Balaban J connectivity index is 1.83. The zero-order valence-electron chi connectivity index (χ0n) is 10.7. The number of para-hydroxylation sites is 2. The molecule has 0 bridgehead atoms. The van der Waals surface area contributed by atoms with Gasteiger partial charge >= 0.3 is 0 Å². The predicted octanol–water partition coefficient (Wildman–Crippen LogP) is 2.11. The average molecular weight is 245 g/mol. The Morgan fingerprint density at radius 1 is 1.39 bits per heavy atom. The highest BCUT2D eigenvalue weighted by Crippen LogP contribution is 2.38. The van der Waals surface area contributed by atoms with E-state index in [4.69, 9.17) is 9.72 Å². The zero-order chi connectivity index (χ0) is 12.4. The molecule has 0 spiro atoms. The summed E-state index contributed by atoms with van der Waals surface area (Å²) >= 11 is 0. The minimum atomic E-state index is 0.664. The minimum absolute atomic E-state index is 0.664. The molecule has 1 heterocycles. The maximum Gasteiger partial charge on any atom is 0.124 e. The molecule has 0 unspecified atom stereocenters. The van der Waals surface area contributed by atoms with Crippen LogP contribution >= 0.6 is 0 Å². The van der Waals surface area contributed by atoms with E-state index in [0.29, 0.717) is 6.04 Å². The van der Waals surface area contributed by atoms with Crippen molar-refractivity contribution >= 4 is 11.0 Å². The van der Waals surface area contributed by atoms with Gasteiger partial charge in [-0.15, -0.1) is 0 Å². The van der Waals surface area contributed by atoms with Gasteiger partial charge in [0.15, 0.2) is 0 Å². The third-order valence-electron chi connectivity index (χ3n) is 3.35. The van der Waals surface area contributed by atoms with Crippen LogP contribution in [0.15, 0.2) is 24.3 Å². The predicted molar refractivity (Wildman–Crippen MR) is 71.6 cm³/mol. The lowest BCUT2D eigenvalue weighted by molar-refractivity contribution is 0.199. The Labute approximate surface area is 107 Å². The average Bonchev–Trinajstić information content (AvgIpc) is 3.16. The number of nitrogens with one attached hydrogen (secondary N) is 1. The molecule has 3 rings (SSSR count). The Morgan fingerprint density at radius 3 is 3.00 bits per heavy atom. The quantitative estimate of drug-likeness (QED) is 0.792. The van der Waals surface area contributed by atoms with Gasteiger partial charge in [-0.1, -0.05) is 12.1 Å². The molecule has 18 heavy (non-hydrogen) atoms. The van der Waals surface area contributed by atoms with Gasteiger partial charge in [0, 0.05) is 19.7 Å². The fourth-order valence-electron chi connectivity index (χ4n) is 2.33. The first-order valence-electron chi connectivity index (χ1n) is 6.55. The van der Waals surface area contributed by atoms with E-state index in [1.165, 1.54) is 18.4 Å². The fraction of sp³-hybridized carbons (Fsp3) is 0.500. The van der Waals surface area contributed by atoms with Crippen LogP contribution in [0, 0.1) is 0 Å². The molecule has 0 radical (unpaired) electrons. The largest absolute Gasteiger partial charge is 0.383 e. The molecule has 96 valence electrons. The van der Waals surface area contributed by atoms with Crippen molar-refractivity contribution in [3.05, 3.63) is 30.1 Å². The van der Waals surface area contributed by atoms with Crippen molar-refractivity contribution in [2.24, 2.45) is 0 Å². The van der Waals surface area contributed by atoms with Gasteiger partial charge in [0.1, 0.15) is 5.82 Å². The summed E-state index contributed by atoms with van der Waals surface area (Å²) in [5, 5.41) is 3.38. The molecule has 1 N–H and O–H groups in total. The van der Waals surface area contributed by atoms with Crippen LogP contribution in [0.4, 0.5) is 0 Å². The van der Waals surface area contributed by atoms with Crippen LogP contribution in [0.3, 0.4) is 0 Å². The highest BCUT2D eigenvalue weighted by atomic mass is 16.5. The third-order valence-corrected chi connectivity index (χ3v) is 3.35. The number of hydrogen-bond donors (Lipinski definition) is 1. The van der Waals surface area contributed by atoms with E-state index in [0.717, 1.165) is 31.0 Å². The number of benzene rings is 1. The van der Waals surface area contributed by atoms with Crippen molar-refractivity contribution in [3.8, 4) is 0 Å². The van der Waals surface area contributed by atoms with E-state index < -0.39 is 0 Å². The van der Waals surface area contributed by atoms with Crippen LogP contribution in [0.25, 0.3) is 11.0 Å². The molecular formula is C14H19N3O. The van der Waals surface area contributed by atoms with Crippen molar-refractivity contribution in [2.75, 3.05) is 20.3 Å². The molecular weight excluding hydrogens is 226 g/mol. The lowest BCUT2D eigenvalue weighted by atomic mass is 10.3. The molecule has 1 aromatic heterocycles. The smallest absolute Gasteiger partial charge is 0.124 e. The number of rotatable bonds is 6. The summed E-state index contributed by atoms with van der Waals surface area (Å²) in [5.74, 6) is 1.15. The zero-order valence-corrected chi connectivity index (χ0v) is 10.7. The van der Waals surface area contributed by atoms with Gasteiger partial charge in [-0.05, 0) is 25.0 Å². The summed E-state index contributed by atoms with van der Waals surface area (Å²) in [6, 6.07) is 9.06. The monoisotopic (exact) mass is 245 g/mol. The van der Waals surface area contributed by atoms with E-state index in [1.54, 1.807) is 7.11 Å². The number of ether oxygens (including phenoxy) is 1. The molecule has 0 saturated heterocycles. The van der Waals surface area contributed by atoms with Gasteiger partial charge in [0.2, 0.25) is 0 Å². The van der Waals surface area contributed by atoms with Crippen LogP contribution in [0.1, 0.15) is 24.7 Å². The minimum Gasteiger partial charge on any atom is -0.383 e. The van der Waals surface area contributed by atoms with E-state index in [1.807, 2.05) is 0 Å². The summed E-state index contributed by atoms with van der Waals surface area (Å²) in [6.45, 7) is 2.42. The van der Waals surface area contributed by atoms with Crippen LogP contribution in [-0.4, -0.2) is 29.8 Å². The molecule has 2 aromatic rings. The second-order valence-corrected chi connectivity index (χ2v) is 4.79. The molecule has 0 amide bonds. The maximum absolute atomic E-state index is 5.04. The molecule has 1 fully saturated rings. The van der Waals surface area contributed by atoms with E-state index in [-0.39, 0.29) is 0 Å². The number of fused-ring (bicyclic) bond motifs is 1. The van der Waals surface area contributed by atoms with Gasteiger partial charge in [-0.25, -0.2) is 4.98 Å². The van der Waals surface area contributed by atoms with Gasteiger partial charge in [-0.3, -0.25) is 0 Å². The molecule has 4 nitrogen and oxygen atoms in total. The van der Waals surface area contributed by atoms with Crippen molar-refractivity contribution < 1.29 is 4.74 Å². The molecule has 4 heteroatoms. The number of hydrogen-bond acceptors (Lipinski definition) is 3. The van der Waals surface area contributed by atoms with Crippen LogP contribution in [0.2, 0.25) is 0 Å². The molecule has 0 atom stereocenters. The highest BCUT2D eigenvalue weighted by Gasteiger charge is 2.27. The van der Waals surface area contributed by atoms with Crippen LogP contribution < -0.4 is 5.32 Å². The number of imidazole rings is 1. The lowest BCUT2D eigenvalue weighted by Gasteiger charge is -2.08. The van der Waals surface area contributed by atoms with Gasteiger partial charge < -0.3 is 14.6 Å². The Kier molecular flexibility index (Phi) is 3.30. The summed E-state index contributed by atoms with van der Waals surface area (Å²) in [6.07, 6.45) is 2.57. The topological polar surface area (TPSA) is 39.1 Å². The van der Waals surface area contributed by atoms with Gasteiger partial charge in [0.25, 0.3) is 0 Å². The highest BCUT2D eigenvalue weighted by molar-refractivity contribution is 5.76. The summed E-state index contributed by atoms with van der Waals surface area (Å²) in [7, 11) is 1.72. The SMILES string of the molecule is COCCNCc1nc2ccccc2n1C1CC1. The Hall–Kier alpha value is -1.39. The van der Waals surface area contributed by atoms with Crippen LogP contribution in [-0.2, 0) is 11.3 Å². The van der Waals surface area contributed by atoms with E-state index >= 15 is 0 Å². The summed E-state index contributed by atoms with van der Waals surface area (Å²) in [5.41, 5.74) is 2.37. The van der Waals surface area contributed by atoms with Crippen molar-refractivity contribution in [1.29, 1.82) is 0 Å². The summed E-state index contributed by atoms with van der Waals surface area (Å²) in [4.78, 5) is 4.73. The normalized spacial score (nSPS) is 15.4. The molecule has 0 aliphatic heterocycles. The Morgan fingerprint density at radius 2 is 2.22 bits per heavy atom. The van der Waals surface area contributed by atoms with Crippen molar-refractivity contribution in [2.45, 2.75) is 25.4 Å². The number of nitrogens with zero attached hydrogens (tertiary/aromatic N) is 2. The van der Waals surface area contributed by atoms with Crippen LogP contribution in [0.5, 0.6) is 0 Å². The second-order valence-electron chi connectivity index (χ2n) is 4.79. The first kappa shape index (κ1) is 11.7. The second kappa shape index (κ2) is 5.08. The molecule has 1 saturated carbocycles. The molecule has 1 aromatic carbocycles. The van der Waals surface area contributed by atoms with E-state index in [2.05, 4.69) is 34.1 Å². The van der Waals surface area contributed by atoms with Gasteiger partial charge in [0.05, 0.1) is 24.2 Å². The summed E-state index contributed by atoms with van der Waals surface area (Å²) < 4.78 is 7.44.